The molecule has 8 nitrogen and oxygen atoms in total. The summed E-state index contributed by atoms with van der Waals surface area (Å²) < 4.78 is 10.3. The second-order valence-corrected chi connectivity index (χ2v) is 7.86. The molecular weight excluding hydrogens is 505 g/mol. The minimum atomic E-state index is -0.309. The van der Waals surface area contributed by atoms with Crippen LogP contribution in [0.4, 0.5) is 0 Å². The highest BCUT2D eigenvalue weighted by Gasteiger charge is 2.24. The average Bonchev–Trinajstić information content (AvgIpc) is 3.29. The van der Waals surface area contributed by atoms with Crippen molar-refractivity contribution < 1.29 is 14.3 Å². The SMILES string of the molecule is CCOC(=O)c1sc(C(C)NC(=NC)NCC2CCCN2CCOC)nc1C.I. The molecule has 2 N–H and O–H groups in total. The number of aromatic nitrogens is 1. The number of guanidine groups is 1. The Kier molecular flexibility index (Phi) is 12.0. The van der Waals surface area contributed by atoms with Gasteiger partial charge >= 0.3 is 5.97 Å². The highest BCUT2D eigenvalue weighted by Crippen LogP contribution is 2.24. The summed E-state index contributed by atoms with van der Waals surface area (Å²) in [5.41, 5.74) is 0.704. The number of nitrogens with one attached hydrogen (secondary N) is 2. The van der Waals surface area contributed by atoms with E-state index >= 15 is 0 Å². The number of carbonyl (C=O) groups excluding carboxylic acids is 1. The van der Waals surface area contributed by atoms with Gasteiger partial charge < -0.3 is 20.1 Å². The first-order valence-electron chi connectivity index (χ1n) is 9.84. The van der Waals surface area contributed by atoms with Crippen molar-refractivity contribution in [2.75, 3.05) is 47.0 Å². The molecule has 0 aromatic carbocycles. The number of likely N-dealkylation sites (tertiary alicyclic amines) is 1. The lowest BCUT2D eigenvalue weighted by molar-refractivity contribution is 0.0531. The molecule has 2 unspecified atom stereocenters. The van der Waals surface area contributed by atoms with Crippen molar-refractivity contribution in [2.45, 2.75) is 45.7 Å². The molecule has 2 atom stereocenters. The molecule has 166 valence electrons. The van der Waals surface area contributed by atoms with Gasteiger partial charge in [0.05, 0.1) is 24.9 Å². The fraction of sp³-hybridized carbons (Fsp3) is 0.737. The largest absolute Gasteiger partial charge is 0.462 e. The van der Waals surface area contributed by atoms with Crippen molar-refractivity contribution in [1.29, 1.82) is 0 Å². The van der Waals surface area contributed by atoms with E-state index in [1.165, 1.54) is 24.2 Å². The summed E-state index contributed by atoms with van der Waals surface area (Å²) in [6.07, 6.45) is 2.39. The monoisotopic (exact) mass is 539 g/mol. The third-order valence-corrected chi connectivity index (χ3v) is 6.13. The van der Waals surface area contributed by atoms with E-state index in [0.717, 1.165) is 37.2 Å². The van der Waals surface area contributed by atoms with Gasteiger partial charge in [0.15, 0.2) is 5.96 Å². The molecular formula is C19H34IN5O3S. The standard InChI is InChI=1S/C19H33N5O3S.HI/c1-6-27-18(25)16-13(2)22-17(28-16)14(3)23-19(20-4)21-12-15-8-7-9-24(15)10-11-26-5;/h14-15H,6-12H2,1-5H3,(H2,20,21,23);1H. The van der Waals surface area contributed by atoms with Crippen LogP contribution >= 0.6 is 35.3 Å². The van der Waals surface area contributed by atoms with Crippen molar-refractivity contribution in [3.63, 3.8) is 0 Å². The highest BCUT2D eigenvalue weighted by molar-refractivity contribution is 14.0. The van der Waals surface area contributed by atoms with Gasteiger partial charge in [0, 0.05) is 33.3 Å². The van der Waals surface area contributed by atoms with E-state index in [1.807, 2.05) is 13.8 Å². The van der Waals surface area contributed by atoms with E-state index in [1.54, 1.807) is 21.1 Å². The Morgan fingerprint density at radius 3 is 2.90 bits per heavy atom. The van der Waals surface area contributed by atoms with E-state index < -0.39 is 0 Å². The van der Waals surface area contributed by atoms with Crippen molar-refractivity contribution in [1.82, 2.24) is 20.5 Å². The molecule has 0 saturated carbocycles. The Bertz CT molecular complexity index is 670. The second-order valence-electron chi connectivity index (χ2n) is 6.83. The molecule has 1 aliphatic rings. The number of thiazole rings is 1. The fourth-order valence-corrected chi connectivity index (χ4v) is 4.26. The van der Waals surface area contributed by atoms with E-state index in [4.69, 9.17) is 9.47 Å². The zero-order valence-corrected chi connectivity index (χ0v) is 21.1. The van der Waals surface area contributed by atoms with E-state index in [9.17, 15) is 4.79 Å². The molecule has 0 bridgehead atoms. The molecule has 1 fully saturated rings. The van der Waals surface area contributed by atoms with E-state index in [0.29, 0.717) is 23.2 Å². The zero-order valence-electron chi connectivity index (χ0n) is 18.0. The molecule has 1 aromatic heterocycles. The molecule has 10 heteroatoms. The maximum atomic E-state index is 12.0. The summed E-state index contributed by atoms with van der Waals surface area (Å²) in [6.45, 7) is 9.68. The quantitative estimate of drug-likeness (QED) is 0.216. The Hall–Kier alpha value is -0.980. The van der Waals surface area contributed by atoms with Gasteiger partial charge in [0.25, 0.3) is 0 Å². The first-order valence-corrected chi connectivity index (χ1v) is 10.7. The van der Waals surface area contributed by atoms with Crippen LogP contribution in [-0.2, 0) is 9.47 Å². The van der Waals surface area contributed by atoms with Gasteiger partial charge in [-0.05, 0) is 40.2 Å². The second kappa shape index (κ2) is 13.3. The van der Waals surface area contributed by atoms with Gasteiger partial charge in [0.2, 0.25) is 0 Å². The molecule has 2 rings (SSSR count). The van der Waals surface area contributed by atoms with Crippen LogP contribution in [0.1, 0.15) is 53.1 Å². The van der Waals surface area contributed by atoms with E-state index in [-0.39, 0.29) is 36.0 Å². The fourth-order valence-electron chi connectivity index (χ4n) is 3.29. The average molecular weight is 539 g/mol. The van der Waals surface area contributed by atoms with Crippen molar-refractivity contribution >= 4 is 47.2 Å². The summed E-state index contributed by atoms with van der Waals surface area (Å²) in [5.74, 6) is 0.424. The van der Waals surface area contributed by atoms with Gasteiger partial charge in [-0.1, -0.05) is 0 Å². The Balaban J connectivity index is 0.00000420. The molecule has 0 radical (unpaired) electrons. The Morgan fingerprint density at radius 1 is 1.48 bits per heavy atom. The number of aliphatic imine (C=N–C) groups is 1. The van der Waals surface area contributed by atoms with Gasteiger partial charge in [-0.3, -0.25) is 9.89 Å². The number of esters is 1. The minimum Gasteiger partial charge on any atom is -0.462 e. The lowest BCUT2D eigenvalue weighted by Gasteiger charge is -2.25. The molecule has 0 aliphatic carbocycles. The van der Waals surface area contributed by atoms with Crippen molar-refractivity contribution in [2.24, 2.45) is 4.99 Å². The zero-order chi connectivity index (χ0) is 20.5. The van der Waals surface area contributed by atoms with Crippen LogP contribution in [-0.4, -0.2) is 74.9 Å². The number of aryl methyl sites for hydroxylation is 1. The van der Waals surface area contributed by atoms with Gasteiger partial charge in [-0.2, -0.15) is 0 Å². The summed E-state index contributed by atoms with van der Waals surface area (Å²) in [5, 5.41) is 7.63. The number of ether oxygens (including phenoxy) is 2. The maximum absolute atomic E-state index is 12.0. The molecule has 1 aromatic rings. The van der Waals surface area contributed by atoms with Crippen molar-refractivity contribution in [3.05, 3.63) is 15.6 Å². The maximum Gasteiger partial charge on any atom is 0.350 e. The molecule has 1 aliphatic heterocycles. The van der Waals surface area contributed by atoms with Crippen LogP contribution in [0.5, 0.6) is 0 Å². The lowest BCUT2D eigenvalue weighted by Crippen LogP contribution is -2.46. The van der Waals surface area contributed by atoms with Crippen molar-refractivity contribution in [3.8, 4) is 0 Å². The number of rotatable bonds is 9. The predicted octanol–water partition coefficient (Wildman–Crippen LogP) is 2.58. The number of nitrogens with zero attached hydrogens (tertiary/aromatic N) is 3. The van der Waals surface area contributed by atoms with Crippen LogP contribution in [0.3, 0.4) is 0 Å². The van der Waals surface area contributed by atoms with Gasteiger partial charge in [-0.15, -0.1) is 35.3 Å². The third kappa shape index (κ3) is 7.65. The summed E-state index contributed by atoms with van der Waals surface area (Å²) in [6, 6.07) is 0.424. The normalized spacial score (nSPS) is 18.2. The molecule has 2 heterocycles. The smallest absolute Gasteiger partial charge is 0.350 e. The number of halogens is 1. The molecule has 29 heavy (non-hydrogen) atoms. The Labute approximate surface area is 194 Å². The Morgan fingerprint density at radius 2 is 2.24 bits per heavy atom. The highest BCUT2D eigenvalue weighted by atomic mass is 127. The molecule has 0 amide bonds. The molecule has 0 spiro atoms. The first-order chi connectivity index (χ1) is 13.5. The summed E-state index contributed by atoms with van der Waals surface area (Å²) in [4.78, 5) is 23.9. The topological polar surface area (TPSA) is 88.1 Å². The number of hydrogen-bond donors (Lipinski definition) is 2. The predicted molar refractivity (Wildman–Crippen MR) is 128 cm³/mol. The number of carbonyl (C=O) groups is 1. The van der Waals surface area contributed by atoms with Gasteiger partial charge in [0.1, 0.15) is 9.88 Å². The van der Waals surface area contributed by atoms with Crippen LogP contribution in [0.25, 0.3) is 0 Å². The molecule has 1 saturated heterocycles. The van der Waals surface area contributed by atoms with Crippen LogP contribution < -0.4 is 10.6 Å². The summed E-state index contributed by atoms with van der Waals surface area (Å²) >= 11 is 1.37. The van der Waals surface area contributed by atoms with E-state index in [2.05, 4.69) is 25.5 Å². The minimum absolute atomic E-state index is 0. The van der Waals surface area contributed by atoms with Crippen LogP contribution in [0, 0.1) is 6.92 Å². The lowest BCUT2D eigenvalue weighted by atomic mass is 10.2. The number of hydrogen-bond acceptors (Lipinski definition) is 7. The van der Waals surface area contributed by atoms with Crippen LogP contribution in [0.2, 0.25) is 0 Å². The first kappa shape index (κ1) is 26.1. The van der Waals surface area contributed by atoms with Gasteiger partial charge in [-0.25, -0.2) is 9.78 Å². The third-order valence-electron chi connectivity index (χ3n) is 4.81. The van der Waals surface area contributed by atoms with Crippen LogP contribution in [0.15, 0.2) is 4.99 Å². The summed E-state index contributed by atoms with van der Waals surface area (Å²) in [7, 11) is 3.50. The number of methoxy groups -OCH3 is 1.